The zero-order valence-electron chi connectivity index (χ0n) is 14.6. The lowest BCUT2D eigenvalue weighted by molar-refractivity contribution is -0.171. The van der Waals surface area contributed by atoms with Gasteiger partial charge in [0.1, 0.15) is 6.04 Å². The number of sulfonamides is 1. The molecule has 0 spiro atoms. The SMILES string of the molecule is COc1ccnn2c(S(=O)(=O)N(C)[C@H](c3ccc(Cl)cc3)C(F)(F)F)cnc12. The van der Waals surface area contributed by atoms with Gasteiger partial charge >= 0.3 is 6.18 Å². The van der Waals surface area contributed by atoms with Crippen LogP contribution in [0, 0.1) is 0 Å². The number of rotatable bonds is 5. The van der Waals surface area contributed by atoms with Crippen LogP contribution in [-0.2, 0) is 10.0 Å². The highest BCUT2D eigenvalue weighted by molar-refractivity contribution is 7.89. The maximum Gasteiger partial charge on any atom is 0.409 e. The average Bonchev–Trinajstić information content (AvgIpc) is 3.07. The lowest BCUT2D eigenvalue weighted by Gasteiger charge is -2.29. The predicted octanol–water partition coefficient (Wildman–Crippen LogP) is 3.32. The molecule has 0 fully saturated rings. The van der Waals surface area contributed by atoms with Crippen molar-refractivity contribution >= 4 is 27.3 Å². The van der Waals surface area contributed by atoms with E-state index in [1.165, 1.54) is 31.5 Å². The van der Waals surface area contributed by atoms with E-state index in [0.29, 0.717) is 0 Å². The van der Waals surface area contributed by atoms with E-state index >= 15 is 0 Å². The van der Waals surface area contributed by atoms with Crippen LogP contribution in [0.25, 0.3) is 5.65 Å². The molecule has 0 saturated heterocycles. The molecular weight excluding hydrogens is 421 g/mol. The van der Waals surface area contributed by atoms with Gasteiger partial charge in [-0.15, -0.1) is 0 Å². The third-order valence-corrected chi connectivity index (χ3v) is 6.09. The van der Waals surface area contributed by atoms with Gasteiger partial charge in [0, 0.05) is 18.1 Å². The first-order valence-corrected chi connectivity index (χ1v) is 9.56. The van der Waals surface area contributed by atoms with Gasteiger partial charge in [0.15, 0.2) is 16.4 Å². The van der Waals surface area contributed by atoms with Gasteiger partial charge in [-0.1, -0.05) is 23.7 Å². The number of benzene rings is 1. The smallest absolute Gasteiger partial charge is 0.409 e. The summed E-state index contributed by atoms with van der Waals surface area (Å²) in [5.41, 5.74) is -0.214. The number of hydrogen-bond donors (Lipinski definition) is 0. The summed E-state index contributed by atoms with van der Waals surface area (Å²) in [4.78, 5) is 3.91. The summed E-state index contributed by atoms with van der Waals surface area (Å²) in [6, 6.07) is 3.80. The highest BCUT2D eigenvalue weighted by Crippen LogP contribution is 2.40. The van der Waals surface area contributed by atoms with Crippen molar-refractivity contribution in [3.8, 4) is 5.75 Å². The largest absolute Gasteiger partial charge is 0.493 e. The third kappa shape index (κ3) is 3.52. The molecule has 12 heteroatoms. The van der Waals surface area contributed by atoms with Crippen molar-refractivity contribution in [2.24, 2.45) is 0 Å². The molecule has 1 aromatic carbocycles. The third-order valence-electron chi connectivity index (χ3n) is 4.06. The number of imidazole rings is 1. The minimum absolute atomic E-state index is 0.0621. The Morgan fingerprint density at radius 1 is 1.21 bits per heavy atom. The Morgan fingerprint density at radius 2 is 1.86 bits per heavy atom. The molecule has 0 aliphatic carbocycles. The van der Waals surface area contributed by atoms with Crippen molar-refractivity contribution in [2.75, 3.05) is 14.2 Å². The first kappa shape index (κ1) is 20.4. The normalized spacial score (nSPS) is 13.8. The second-order valence-electron chi connectivity index (χ2n) is 5.75. The number of nitrogens with zero attached hydrogens (tertiary/aromatic N) is 4. The van der Waals surface area contributed by atoms with E-state index in [4.69, 9.17) is 16.3 Å². The Hall–Kier alpha value is -2.37. The number of methoxy groups -OCH3 is 1. The summed E-state index contributed by atoms with van der Waals surface area (Å²) in [6.07, 6.45) is -2.68. The maximum atomic E-state index is 13.8. The molecular formula is C16H14ClF3N4O3S. The number of hydrogen-bond acceptors (Lipinski definition) is 5. The second kappa shape index (κ2) is 7.22. The molecule has 3 rings (SSSR count). The Kier molecular flexibility index (Phi) is 5.26. The highest BCUT2D eigenvalue weighted by Gasteiger charge is 2.48. The number of ether oxygens (including phenoxy) is 1. The summed E-state index contributed by atoms with van der Waals surface area (Å²) >= 11 is 5.73. The molecule has 1 atom stereocenters. The fourth-order valence-corrected chi connectivity index (χ4v) is 4.20. The van der Waals surface area contributed by atoms with Crippen LogP contribution in [0.3, 0.4) is 0 Å². The van der Waals surface area contributed by atoms with E-state index in [-0.39, 0.29) is 26.3 Å². The van der Waals surface area contributed by atoms with Gasteiger partial charge in [-0.25, -0.2) is 13.4 Å². The molecule has 2 aromatic heterocycles. The molecule has 28 heavy (non-hydrogen) atoms. The fraction of sp³-hybridized carbons (Fsp3) is 0.250. The second-order valence-corrected chi connectivity index (χ2v) is 8.13. The monoisotopic (exact) mass is 434 g/mol. The van der Waals surface area contributed by atoms with Crippen LogP contribution in [0.1, 0.15) is 11.6 Å². The summed E-state index contributed by atoms with van der Waals surface area (Å²) in [7, 11) is -2.42. The van der Waals surface area contributed by atoms with Gasteiger partial charge in [0.05, 0.1) is 19.5 Å². The molecule has 0 aliphatic heterocycles. The summed E-state index contributed by atoms with van der Waals surface area (Å²) in [6.45, 7) is 0. The molecule has 150 valence electrons. The lowest BCUT2D eigenvalue weighted by Crippen LogP contribution is -2.40. The van der Waals surface area contributed by atoms with Gasteiger partial charge in [-0.2, -0.15) is 27.1 Å². The molecule has 0 aliphatic rings. The van der Waals surface area contributed by atoms with Crippen LogP contribution in [0.4, 0.5) is 13.2 Å². The lowest BCUT2D eigenvalue weighted by atomic mass is 10.1. The van der Waals surface area contributed by atoms with Gasteiger partial charge < -0.3 is 4.74 Å². The quantitative estimate of drug-likeness (QED) is 0.615. The van der Waals surface area contributed by atoms with Gasteiger partial charge in [0.25, 0.3) is 10.0 Å². The fourth-order valence-electron chi connectivity index (χ4n) is 2.72. The zero-order chi connectivity index (χ0) is 20.7. The number of halogens is 4. The summed E-state index contributed by atoms with van der Waals surface area (Å²) < 4.78 is 73.5. The Bertz CT molecular complexity index is 1100. The minimum Gasteiger partial charge on any atom is -0.493 e. The summed E-state index contributed by atoms with van der Waals surface area (Å²) in [5, 5.41) is 3.58. The Morgan fingerprint density at radius 3 is 2.43 bits per heavy atom. The Labute approximate surface area is 163 Å². The van der Waals surface area contributed by atoms with Gasteiger partial charge in [-0.05, 0) is 17.7 Å². The number of fused-ring (bicyclic) bond motifs is 1. The maximum absolute atomic E-state index is 13.8. The van der Waals surface area contributed by atoms with Crippen molar-refractivity contribution in [1.82, 2.24) is 18.9 Å². The van der Waals surface area contributed by atoms with Crippen molar-refractivity contribution in [3.05, 3.63) is 53.3 Å². The number of alkyl halides is 3. The highest BCUT2D eigenvalue weighted by atomic mass is 35.5. The molecule has 2 heterocycles. The van der Waals surface area contributed by atoms with Crippen LogP contribution < -0.4 is 4.74 Å². The van der Waals surface area contributed by atoms with Crippen molar-refractivity contribution < 1.29 is 26.3 Å². The summed E-state index contributed by atoms with van der Waals surface area (Å²) in [5.74, 6) is 0.226. The topological polar surface area (TPSA) is 76.8 Å². The molecule has 0 unspecified atom stereocenters. The van der Waals surface area contributed by atoms with Crippen LogP contribution in [0.15, 0.2) is 47.8 Å². The molecule has 0 amide bonds. The molecule has 3 aromatic rings. The van der Waals surface area contributed by atoms with E-state index in [2.05, 4.69) is 10.1 Å². The van der Waals surface area contributed by atoms with Gasteiger partial charge in [-0.3, -0.25) is 0 Å². The van der Waals surface area contributed by atoms with E-state index in [1.54, 1.807) is 0 Å². The van der Waals surface area contributed by atoms with Crippen LogP contribution in [0.5, 0.6) is 5.75 Å². The van der Waals surface area contributed by atoms with Crippen LogP contribution >= 0.6 is 11.6 Å². The molecule has 7 nitrogen and oxygen atoms in total. The van der Waals surface area contributed by atoms with Gasteiger partial charge in [0.2, 0.25) is 0 Å². The Balaban J connectivity index is 2.13. The molecule has 0 bridgehead atoms. The van der Waals surface area contributed by atoms with Crippen molar-refractivity contribution in [1.29, 1.82) is 0 Å². The number of aromatic nitrogens is 3. The van der Waals surface area contributed by atoms with Crippen LogP contribution in [0.2, 0.25) is 5.02 Å². The standard InChI is InChI=1S/C16H14ClF3N4O3S/c1-23(14(16(18,19)20)10-3-5-11(17)6-4-10)28(25,26)13-9-21-15-12(27-2)7-8-22-24(13)15/h3-9,14H,1-2H3/t14-/m1/s1. The predicted molar refractivity (Wildman–Crippen MR) is 94.7 cm³/mol. The van der Waals surface area contributed by atoms with E-state index in [9.17, 15) is 21.6 Å². The van der Waals surface area contributed by atoms with E-state index in [0.717, 1.165) is 29.9 Å². The first-order valence-electron chi connectivity index (χ1n) is 7.74. The molecule has 0 saturated carbocycles. The van der Waals surface area contributed by atoms with Crippen molar-refractivity contribution in [3.63, 3.8) is 0 Å². The van der Waals surface area contributed by atoms with E-state index < -0.39 is 27.3 Å². The zero-order valence-corrected chi connectivity index (χ0v) is 16.1. The molecule has 0 N–H and O–H groups in total. The van der Waals surface area contributed by atoms with Crippen LogP contribution in [-0.4, -0.2) is 47.7 Å². The average molecular weight is 435 g/mol. The molecule has 0 radical (unpaired) electrons. The minimum atomic E-state index is -4.87. The van der Waals surface area contributed by atoms with E-state index in [1.807, 2.05) is 0 Å². The van der Waals surface area contributed by atoms with Crippen molar-refractivity contribution in [2.45, 2.75) is 17.2 Å². The first-order chi connectivity index (χ1) is 13.1.